The summed E-state index contributed by atoms with van der Waals surface area (Å²) in [5, 5.41) is 17.4. The van der Waals surface area contributed by atoms with Gasteiger partial charge in [0.15, 0.2) is 17.3 Å². The molecule has 1 aliphatic heterocycles. The maximum atomic E-state index is 13.4. The third-order valence-corrected chi connectivity index (χ3v) is 6.07. The predicted octanol–water partition coefficient (Wildman–Crippen LogP) is 4.66. The van der Waals surface area contributed by atoms with Crippen molar-refractivity contribution < 1.29 is 19.2 Å². The van der Waals surface area contributed by atoms with E-state index in [0.717, 1.165) is 33.7 Å². The van der Waals surface area contributed by atoms with Gasteiger partial charge in [0.05, 0.1) is 18.4 Å². The third kappa shape index (κ3) is 2.87. The number of aromatic nitrogens is 1. The first-order chi connectivity index (χ1) is 14.6. The minimum atomic E-state index is -0.188. The number of aryl methyl sites for hydroxylation is 1. The Balaban J connectivity index is 1.59. The van der Waals surface area contributed by atoms with Gasteiger partial charge in [-0.05, 0) is 42.5 Å². The Morgan fingerprint density at radius 3 is 2.70 bits per heavy atom. The van der Waals surface area contributed by atoms with E-state index < -0.39 is 0 Å². The lowest BCUT2D eigenvalue weighted by Crippen LogP contribution is -2.29. The van der Waals surface area contributed by atoms with E-state index in [4.69, 9.17) is 9.26 Å². The van der Waals surface area contributed by atoms with Gasteiger partial charge in [0.1, 0.15) is 0 Å². The average Bonchev–Trinajstić information content (AvgIpc) is 3.13. The van der Waals surface area contributed by atoms with Gasteiger partial charge in [0, 0.05) is 23.6 Å². The number of nitrogens with zero attached hydrogens (tertiary/aromatic N) is 1. The number of ketones is 1. The lowest BCUT2D eigenvalue weighted by molar-refractivity contribution is -0.116. The molecule has 5 rings (SSSR count). The second kappa shape index (κ2) is 7.06. The van der Waals surface area contributed by atoms with Crippen LogP contribution in [0, 0.1) is 6.92 Å². The molecule has 152 valence electrons. The first-order valence-electron chi connectivity index (χ1n) is 9.98. The van der Waals surface area contributed by atoms with Crippen LogP contribution >= 0.6 is 0 Å². The normalized spacial score (nSPS) is 20.4. The Bertz CT molecular complexity index is 1160. The summed E-state index contributed by atoms with van der Waals surface area (Å²) in [5.41, 5.74) is 5.40. The minimum absolute atomic E-state index is 0.0137. The lowest BCUT2D eigenvalue weighted by atomic mass is 9.72. The van der Waals surface area contributed by atoms with Crippen LogP contribution in [-0.2, 0) is 4.79 Å². The van der Waals surface area contributed by atoms with Gasteiger partial charge in [-0.25, -0.2) is 0 Å². The fraction of sp³-hybridized carbons (Fsp3) is 0.250. The van der Waals surface area contributed by atoms with E-state index in [1.165, 1.54) is 7.11 Å². The van der Waals surface area contributed by atoms with Crippen LogP contribution < -0.4 is 10.1 Å². The summed E-state index contributed by atoms with van der Waals surface area (Å²) in [6.07, 6.45) is 1.06. The summed E-state index contributed by atoms with van der Waals surface area (Å²) in [6.45, 7) is 1.91. The molecule has 2 aliphatic rings. The van der Waals surface area contributed by atoms with E-state index in [0.29, 0.717) is 24.5 Å². The highest BCUT2D eigenvalue weighted by atomic mass is 16.5. The van der Waals surface area contributed by atoms with E-state index in [1.54, 1.807) is 12.1 Å². The molecule has 0 spiro atoms. The molecule has 1 aliphatic carbocycles. The Morgan fingerprint density at radius 1 is 1.13 bits per heavy atom. The van der Waals surface area contributed by atoms with Crippen molar-refractivity contribution in [2.45, 2.75) is 31.6 Å². The molecular weight excluding hydrogens is 380 g/mol. The number of hydrogen-bond acceptors (Lipinski definition) is 6. The highest BCUT2D eigenvalue weighted by Crippen LogP contribution is 2.49. The maximum Gasteiger partial charge on any atom is 0.233 e. The number of hydrogen-bond donors (Lipinski definition) is 2. The largest absolute Gasteiger partial charge is 0.504 e. The standard InChI is InChI=1S/C24H22N2O4/c1-13-21-22(14-6-4-3-5-7-14)23-17(25-24(21)30-26-13)10-16(11-19(23)28)15-8-9-18(27)20(12-15)29-2/h3-9,12,16,22,25,27H,10-11H2,1-2H3/t16-,22+/m0/s1. The Kier molecular flexibility index (Phi) is 4.35. The van der Waals surface area contributed by atoms with E-state index in [9.17, 15) is 9.90 Å². The van der Waals surface area contributed by atoms with Crippen molar-refractivity contribution in [3.63, 3.8) is 0 Å². The summed E-state index contributed by atoms with van der Waals surface area (Å²) in [7, 11) is 1.52. The van der Waals surface area contributed by atoms with Crippen molar-refractivity contribution in [2.24, 2.45) is 0 Å². The molecule has 2 N–H and O–H groups in total. The minimum Gasteiger partial charge on any atom is -0.504 e. The van der Waals surface area contributed by atoms with E-state index >= 15 is 0 Å². The molecule has 2 aromatic carbocycles. The number of carbonyl (C=O) groups is 1. The number of allylic oxidation sites excluding steroid dienone is 2. The lowest BCUT2D eigenvalue weighted by Gasteiger charge is -2.34. The smallest absolute Gasteiger partial charge is 0.233 e. The highest BCUT2D eigenvalue weighted by molar-refractivity contribution is 6.01. The van der Waals surface area contributed by atoms with Gasteiger partial charge in [-0.2, -0.15) is 0 Å². The number of carbonyl (C=O) groups excluding carboxylic acids is 1. The van der Waals surface area contributed by atoms with Crippen LogP contribution in [0.3, 0.4) is 0 Å². The topological polar surface area (TPSA) is 84.6 Å². The molecule has 30 heavy (non-hydrogen) atoms. The summed E-state index contributed by atoms with van der Waals surface area (Å²) < 4.78 is 10.8. The summed E-state index contributed by atoms with van der Waals surface area (Å²) in [6, 6.07) is 15.3. The number of fused-ring (bicyclic) bond motifs is 1. The van der Waals surface area contributed by atoms with Crippen molar-refractivity contribution in [3.05, 3.63) is 82.2 Å². The predicted molar refractivity (Wildman–Crippen MR) is 112 cm³/mol. The number of rotatable bonds is 3. The number of anilines is 1. The number of aromatic hydroxyl groups is 1. The molecule has 0 unspecified atom stereocenters. The van der Waals surface area contributed by atoms with Gasteiger partial charge in [0.2, 0.25) is 5.88 Å². The summed E-state index contributed by atoms with van der Waals surface area (Å²) >= 11 is 0. The fourth-order valence-electron chi connectivity index (χ4n) is 4.64. The molecule has 0 saturated heterocycles. The Labute approximate surface area is 174 Å². The monoisotopic (exact) mass is 402 g/mol. The van der Waals surface area contributed by atoms with Gasteiger partial charge in [0.25, 0.3) is 0 Å². The van der Waals surface area contributed by atoms with Crippen molar-refractivity contribution in [1.29, 1.82) is 0 Å². The molecule has 6 heteroatoms. The second-order valence-electron chi connectivity index (χ2n) is 7.83. The van der Waals surface area contributed by atoms with Crippen molar-refractivity contribution in [3.8, 4) is 11.5 Å². The Hall–Kier alpha value is -3.54. The average molecular weight is 402 g/mol. The number of benzene rings is 2. The zero-order chi connectivity index (χ0) is 20.8. The Morgan fingerprint density at radius 2 is 1.93 bits per heavy atom. The zero-order valence-corrected chi connectivity index (χ0v) is 16.8. The van der Waals surface area contributed by atoms with Crippen LogP contribution in [0.5, 0.6) is 11.5 Å². The van der Waals surface area contributed by atoms with Crippen molar-refractivity contribution in [1.82, 2.24) is 5.16 Å². The van der Waals surface area contributed by atoms with Crippen LogP contribution in [0.15, 0.2) is 64.3 Å². The van der Waals surface area contributed by atoms with Crippen LogP contribution in [0.1, 0.15) is 47.1 Å². The number of ether oxygens (including phenoxy) is 1. The molecule has 2 atom stereocenters. The van der Waals surface area contributed by atoms with Crippen LogP contribution in [0.4, 0.5) is 5.88 Å². The van der Waals surface area contributed by atoms with Gasteiger partial charge < -0.3 is 19.7 Å². The SMILES string of the molecule is COc1cc([C@@H]2CC(=O)C3=C(C2)Nc2onc(C)c2[C@H]3c2ccccc2)ccc1O. The highest BCUT2D eigenvalue weighted by Gasteiger charge is 2.41. The quantitative estimate of drug-likeness (QED) is 0.663. The van der Waals surface area contributed by atoms with Crippen LogP contribution in [-0.4, -0.2) is 23.2 Å². The summed E-state index contributed by atoms with van der Waals surface area (Å²) in [5.74, 6) is 1.01. The van der Waals surface area contributed by atoms with E-state index in [2.05, 4.69) is 10.5 Å². The molecule has 6 nitrogen and oxygen atoms in total. The van der Waals surface area contributed by atoms with Crippen LogP contribution in [0.25, 0.3) is 0 Å². The van der Waals surface area contributed by atoms with Crippen molar-refractivity contribution in [2.75, 3.05) is 12.4 Å². The van der Waals surface area contributed by atoms with E-state index in [1.807, 2.05) is 43.3 Å². The number of Topliss-reactive ketones (excluding diaryl/α,β-unsaturated/α-hetero) is 1. The van der Waals surface area contributed by atoms with Gasteiger partial charge >= 0.3 is 0 Å². The third-order valence-electron chi connectivity index (χ3n) is 6.07. The molecule has 0 bridgehead atoms. The first kappa shape index (κ1) is 18.5. The zero-order valence-electron chi connectivity index (χ0n) is 16.8. The van der Waals surface area contributed by atoms with Crippen LogP contribution in [0.2, 0.25) is 0 Å². The number of methoxy groups -OCH3 is 1. The first-order valence-corrected chi connectivity index (χ1v) is 9.98. The molecular formula is C24H22N2O4. The summed E-state index contributed by atoms with van der Waals surface area (Å²) in [4.78, 5) is 13.4. The molecule has 3 aromatic rings. The maximum absolute atomic E-state index is 13.4. The van der Waals surface area contributed by atoms with E-state index in [-0.39, 0.29) is 23.4 Å². The molecule has 0 radical (unpaired) electrons. The van der Waals surface area contributed by atoms with Gasteiger partial charge in [-0.15, -0.1) is 0 Å². The van der Waals surface area contributed by atoms with Crippen molar-refractivity contribution >= 4 is 11.7 Å². The molecule has 0 saturated carbocycles. The molecule has 1 aromatic heterocycles. The number of phenols is 1. The molecule has 0 amide bonds. The molecule has 2 heterocycles. The number of phenolic OH excluding ortho intramolecular Hbond substituents is 1. The molecule has 0 fully saturated rings. The van der Waals surface area contributed by atoms with Gasteiger partial charge in [-0.1, -0.05) is 41.6 Å². The fourth-order valence-corrected chi connectivity index (χ4v) is 4.64. The number of nitrogens with one attached hydrogen (secondary N) is 1. The van der Waals surface area contributed by atoms with Gasteiger partial charge in [-0.3, -0.25) is 4.79 Å². The second-order valence-corrected chi connectivity index (χ2v) is 7.83.